The first kappa shape index (κ1) is 14.8. The number of benzene rings is 1. The van der Waals surface area contributed by atoms with E-state index >= 15 is 0 Å². The van der Waals surface area contributed by atoms with E-state index in [-0.39, 0.29) is 12.5 Å². The number of para-hydroxylation sites is 2. The molecule has 0 atom stereocenters. The molecule has 0 spiro atoms. The Kier molecular flexibility index (Phi) is 4.58. The molecular formula is C16H22N4O2. The van der Waals surface area contributed by atoms with E-state index in [1.54, 1.807) is 0 Å². The Balaban J connectivity index is 1.88. The van der Waals surface area contributed by atoms with Gasteiger partial charge in [0.25, 0.3) is 0 Å². The second-order valence-electron chi connectivity index (χ2n) is 5.48. The van der Waals surface area contributed by atoms with Gasteiger partial charge in [-0.1, -0.05) is 12.1 Å². The fourth-order valence-electron chi connectivity index (χ4n) is 2.83. The van der Waals surface area contributed by atoms with Gasteiger partial charge >= 0.3 is 5.97 Å². The van der Waals surface area contributed by atoms with E-state index in [0.29, 0.717) is 12.6 Å². The van der Waals surface area contributed by atoms with Crippen LogP contribution in [-0.2, 0) is 16.1 Å². The molecule has 0 bridgehead atoms. The van der Waals surface area contributed by atoms with Crippen molar-refractivity contribution in [3.63, 3.8) is 0 Å². The summed E-state index contributed by atoms with van der Waals surface area (Å²) in [7, 11) is 0. The number of aromatic nitrogens is 2. The smallest absolute Gasteiger partial charge is 0.326 e. The maximum absolute atomic E-state index is 11.9. The molecule has 0 unspecified atom stereocenters. The number of ether oxygens (including phenoxy) is 1. The first-order valence-corrected chi connectivity index (χ1v) is 7.86. The lowest BCUT2D eigenvalue weighted by molar-refractivity contribution is -0.143. The number of nitrogens with zero attached hydrogens (tertiary/aromatic N) is 2. The predicted octanol–water partition coefficient (Wildman–Crippen LogP) is 1.76. The van der Waals surface area contributed by atoms with E-state index in [9.17, 15) is 4.79 Å². The minimum Gasteiger partial charge on any atom is -0.465 e. The predicted molar refractivity (Wildman–Crippen MR) is 85.9 cm³/mol. The highest BCUT2D eigenvalue weighted by molar-refractivity contribution is 5.81. The van der Waals surface area contributed by atoms with E-state index in [2.05, 4.69) is 15.6 Å². The van der Waals surface area contributed by atoms with Crippen molar-refractivity contribution in [3.8, 4) is 0 Å². The zero-order chi connectivity index (χ0) is 15.4. The number of hydrogen-bond acceptors (Lipinski definition) is 5. The van der Waals surface area contributed by atoms with Crippen molar-refractivity contribution in [1.29, 1.82) is 0 Å². The van der Waals surface area contributed by atoms with E-state index in [1.807, 2.05) is 35.8 Å². The van der Waals surface area contributed by atoms with Crippen molar-refractivity contribution in [2.75, 3.05) is 25.0 Å². The second kappa shape index (κ2) is 6.79. The van der Waals surface area contributed by atoms with Gasteiger partial charge in [0.1, 0.15) is 6.54 Å². The van der Waals surface area contributed by atoms with Crippen LogP contribution in [0.1, 0.15) is 19.8 Å². The Morgan fingerprint density at radius 2 is 2.18 bits per heavy atom. The van der Waals surface area contributed by atoms with Gasteiger partial charge in [0.15, 0.2) is 0 Å². The van der Waals surface area contributed by atoms with Crippen LogP contribution in [0.3, 0.4) is 0 Å². The van der Waals surface area contributed by atoms with Crippen molar-refractivity contribution in [2.45, 2.75) is 32.4 Å². The lowest BCUT2D eigenvalue weighted by Crippen LogP contribution is -2.36. The number of hydrogen-bond donors (Lipinski definition) is 2. The summed E-state index contributed by atoms with van der Waals surface area (Å²) >= 11 is 0. The average Bonchev–Trinajstić information content (AvgIpc) is 2.86. The maximum Gasteiger partial charge on any atom is 0.326 e. The van der Waals surface area contributed by atoms with Crippen molar-refractivity contribution >= 4 is 23.0 Å². The largest absolute Gasteiger partial charge is 0.465 e. The van der Waals surface area contributed by atoms with Crippen LogP contribution in [0, 0.1) is 0 Å². The summed E-state index contributed by atoms with van der Waals surface area (Å²) in [5, 5.41) is 6.84. The fourth-order valence-corrected chi connectivity index (χ4v) is 2.83. The quantitative estimate of drug-likeness (QED) is 0.824. The number of esters is 1. The fraction of sp³-hybridized carbons (Fsp3) is 0.500. The molecule has 1 saturated heterocycles. The molecule has 2 aromatic rings. The summed E-state index contributed by atoms with van der Waals surface area (Å²) in [5.41, 5.74) is 1.84. The summed E-state index contributed by atoms with van der Waals surface area (Å²) in [4.78, 5) is 16.5. The normalized spacial score (nSPS) is 15.9. The Hall–Kier alpha value is -2.08. The molecule has 3 rings (SSSR count). The van der Waals surface area contributed by atoms with Crippen LogP contribution in [0.4, 0.5) is 5.95 Å². The van der Waals surface area contributed by atoms with Crippen LogP contribution in [-0.4, -0.2) is 41.3 Å². The van der Waals surface area contributed by atoms with E-state index in [1.165, 1.54) is 0 Å². The highest BCUT2D eigenvalue weighted by Crippen LogP contribution is 2.21. The Morgan fingerprint density at radius 1 is 1.41 bits per heavy atom. The molecule has 6 heteroatoms. The number of nitrogens with one attached hydrogen (secondary N) is 2. The third-order valence-corrected chi connectivity index (χ3v) is 3.92. The van der Waals surface area contributed by atoms with Gasteiger partial charge in [0.05, 0.1) is 17.6 Å². The number of anilines is 1. The summed E-state index contributed by atoms with van der Waals surface area (Å²) in [6.07, 6.45) is 2.12. The van der Waals surface area contributed by atoms with Gasteiger partial charge in [0.2, 0.25) is 5.95 Å². The third-order valence-electron chi connectivity index (χ3n) is 3.92. The van der Waals surface area contributed by atoms with Crippen molar-refractivity contribution in [3.05, 3.63) is 24.3 Å². The van der Waals surface area contributed by atoms with Crippen LogP contribution in [0.5, 0.6) is 0 Å². The summed E-state index contributed by atoms with van der Waals surface area (Å²) in [6, 6.07) is 8.25. The van der Waals surface area contributed by atoms with E-state index in [4.69, 9.17) is 4.74 Å². The van der Waals surface area contributed by atoms with Crippen molar-refractivity contribution < 1.29 is 9.53 Å². The molecule has 1 aliphatic heterocycles. The number of fused-ring (bicyclic) bond motifs is 1. The Morgan fingerprint density at radius 3 is 2.95 bits per heavy atom. The molecule has 0 radical (unpaired) electrons. The summed E-state index contributed by atoms with van der Waals surface area (Å²) in [5.74, 6) is 0.514. The topological polar surface area (TPSA) is 68.2 Å². The van der Waals surface area contributed by atoms with Crippen LogP contribution in [0.2, 0.25) is 0 Å². The monoisotopic (exact) mass is 302 g/mol. The van der Waals surface area contributed by atoms with Gasteiger partial charge in [-0.15, -0.1) is 0 Å². The van der Waals surface area contributed by atoms with Gasteiger partial charge in [-0.25, -0.2) is 4.98 Å². The first-order chi connectivity index (χ1) is 10.8. The third kappa shape index (κ3) is 3.22. The van der Waals surface area contributed by atoms with Crippen molar-refractivity contribution in [1.82, 2.24) is 14.9 Å². The average molecular weight is 302 g/mol. The standard InChI is InChI=1S/C16H22N4O2/c1-2-22-15(21)11-20-14-6-4-3-5-13(14)19-16(20)18-12-7-9-17-10-8-12/h3-6,12,17H,2,7-11H2,1H3,(H,18,19). The molecule has 6 nitrogen and oxygen atoms in total. The molecule has 1 aliphatic rings. The molecule has 1 aromatic heterocycles. The number of piperidine rings is 1. The molecule has 2 N–H and O–H groups in total. The number of carbonyl (C=O) groups excluding carboxylic acids is 1. The Bertz CT molecular complexity index is 647. The second-order valence-corrected chi connectivity index (χ2v) is 5.48. The summed E-state index contributed by atoms with van der Waals surface area (Å²) in [6.45, 7) is 4.41. The molecule has 1 aromatic carbocycles. The highest BCUT2D eigenvalue weighted by Gasteiger charge is 2.18. The van der Waals surface area contributed by atoms with Crippen LogP contribution >= 0.6 is 0 Å². The SMILES string of the molecule is CCOC(=O)Cn1c(NC2CCNCC2)nc2ccccc21. The lowest BCUT2D eigenvalue weighted by Gasteiger charge is -2.24. The number of imidazole rings is 1. The highest BCUT2D eigenvalue weighted by atomic mass is 16.5. The minimum absolute atomic E-state index is 0.182. The zero-order valence-electron chi connectivity index (χ0n) is 12.8. The molecule has 22 heavy (non-hydrogen) atoms. The van der Waals surface area contributed by atoms with E-state index in [0.717, 1.165) is 42.9 Å². The van der Waals surface area contributed by atoms with E-state index < -0.39 is 0 Å². The molecule has 0 amide bonds. The van der Waals surface area contributed by atoms with Crippen LogP contribution in [0.15, 0.2) is 24.3 Å². The molecule has 1 fully saturated rings. The molecule has 0 saturated carbocycles. The number of rotatable bonds is 5. The minimum atomic E-state index is -0.237. The van der Waals surface area contributed by atoms with Gasteiger partial charge in [-0.2, -0.15) is 0 Å². The molecule has 0 aliphatic carbocycles. The van der Waals surface area contributed by atoms with Crippen LogP contribution in [0.25, 0.3) is 11.0 Å². The van der Waals surface area contributed by atoms with Crippen LogP contribution < -0.4 is 10.6 Å². The molecule has 2 heterocycles. The Labute approximate surface area is 129 Å². The maximum atomic E-state index is 11.9. The van der Waals surface area contributed by atoms with Crippen molar-refractivity contribution in [2.24, 2.45) is 0 Å². The molecule has 118 valence electrons. The lowest BCUT2D eigenvalue weighted by atomic mass is 10.1. The molecular weight excluding hydrogens is 280 g/mol. The number of carbonyl (C=O) groups is 1. The summed E-state index contributed by atoms with van der Waals surface area (Å²) < 4.78 is 7.00. The van der Waals surface area contributed by atoms with Gasteiger partial charge in [-0.05, 0) is 45.0 Å². The van der Waals surface area contributed by atoms with Gasteiger partial charge in [0, 0.05) is 6.04 Å². The van der Waals surface area contributed by atoms with Gasteiger partial charge < -0.3 is 15.4 Å². The zero-order valence-corrected chi connectivity index (χ0v) is 12.8. The first-order valence-electron chi connectivity index (χ1n) is 7.86. The van der Waals surface area contributed by atoms with Gasteiger partial charge in [-0.3, -0.25) is 9.36 Å².